The van der Waals surface area contributed by atoms with E-state index >= 15 is 0 Å². The standard InChI is InChI=1S/C65H42N2O/c1-5-17-43(18-6-1)44-29-31-45(32-30-44)49-37-50(47-34-36-63-57(40-47)55-26-14-16-28-62(55)68-63)39-51(38-49)61-42-60(66-64(67-61)46-19-7-2-8-20-46)48-33-35-59-56(41-48)54-25-13-15-27-58(54)65(59,52-21-9-3-10-22-52)53-23-11-4-12-24-53/h1-42H. The van der Waals surface area contributed by atoms with Crippen molar-refractivity contribution in [1.29, 1.82) is 0 Å². The summed E-state index contributed by atoms with van der Waals surface area (Å²) in [5.74, 6) is 0.673. The Morgan fingerprint density at radius 3 is 1.47 bits per heavy atom. The third kappa shape index (κ3) is 6.59. The highest BCUT2D eigenvalue weighted by Crippen LogP contribution is 2.56. The van der Waals surface area contributed by atoms with E-state index in [4.69, 9.17) is 14.4 Å². The molecule has 2 aromatic heterocycles. The predicted molar refractivity (Wildman–Crippen MR) is 279 cm³/mol. The minimum Gasteiger partial charge on any atom is -0.456 e. The molecule has 0 atom stereocenters. The second kappa shape index (κ2) is 16.2. The van der Waals surface area contributed by atoms with Gasteiger partial charge >= 0.3 is 0 Å². The smallest absolute Gasteiger partial charge is 0.160 e. The van der Waals surface area contributed by atoms with Crippen LogP contribution in [0.4, 0.5) is 0 Å². The topological polar surface area (TPSA) is 38.9 Å². The minimum absolute atomic E-state index is 0.485. The van der Waals surface area contributed by atoms with Crippen molar-refractivity contribution < 1.29 is 4.42 Å². The number of hydrogen-bond donors (Lipinski definition) is 0. The maximum Gasteiger partial charge on any atom is 0.160 e. The van der Waals surface area contributed by atoms with E-state index in [2.05, 4.69) is 237 Å². The van der Waals surface area contributed by atoms with Gasteiger partial charge in [-0.1, -0.05) is 206 Å². The van der Waals surface area contributed by atoms with Gasteiger partial charge in [-0.3, -0.25) is 0 Å². The largest absolute Gasteiger partial charge is 0.456 e. The zero-order valence-electron chi connectivity index (χ0n) is 37.1. The number of aromatic nitrogens is 2. The number of fused-ring (bicyclic) bond motifs is 6. The number of para-hydroxylation sites is 1. The van der Waals surface area contributed by atoms with E-state index in [1.807, 2.05) is 18.2 Å². The summed E-state index contributed by atoms with van der Waals surface area (Å²) in [6.45, 7) is 0. The first-order chi connectivity index (χ1) is 33.7. The average molecular weight is 867 g/mol. The Morgan fingerprint density at radius 1 is 0.279 bits per heavy atom. The molecule has 0 spiro atoms. The van der Waals surface area contributed by atoms with E-state index < -0.39 is 5.41 Å². The molecule has 0 fully saturated rings. The van der Waals surface area contributed by atoms with Crippen molar-refractivity contribution in [2.45, 2.75) is 5.41 Å². The summed E-state index contributed by atoms with van der Waals surface area (Å²) in [4.78, 5) is 10.8. The van der Waals surface area contributed by atoms with Crippen molar-refractivity contribution in [2.24, 2.45) is 0 Å². The van der Waals surface area contributed by atoms with Gasteiger partial charge in [0.15, 0.2) is 5.82 Å². The lowest BCUT2D eigenvalue weighted by Gasteiger charge is -2.33. The number of furan rings is 1. The van der Waals surface area contributed by atoms with E-state index in [1.165, 1.54) is 44.5 Å². The van der Waals surface area contributed by atoms with Crippen LogP contribution >= 0.6 is 0 Å². The fourth-order valence-electron chi connectivity index (χ4n) is 10.6. The van der Waals surface area contributed by atoms with Crippen LogP contribution in [0.1, 0.15) is 22.3 Å². The van der Waals surface area contributed by atoms with Gasteiger partial charge in [0, 0.05) is 27.5 Å². The van der Waals surface area contributed by atoms with Crippen LogP contribution in [0.3, 0.4) is 0 Å². The summed E-state index contributed by atoms with van der Waals surface area (Å²) in [6.07, 6.45) is 0. The Kier molecular flexibility index (Phi) is 9.40. The molecule has 0 aliphatic heterocycles. The van der Waals surface area contributed by atoms with Crippen molar-refractivity contribution >= 4 is 21.9 Å². The van der Waals surface area contributed by atoms with E-state index in [0.29, 0.717) is 5.82 Å². The van der Waals surface area contributed by atoms with Gasteiger partial charge in [0.25, 0.3) is 0 Å². The summed E-state index contributed by atoms with van der Waals surface area (Å²) in [7, 11) is 0. The van der Waals surface area contributed by atoms with Gasteiger partial charge in [0.2, 0.25) is 0 Å². The molecule has 13 rings (SSSR count). The molecule has 3 heteroatoms. The van der Waals surface area contributed by atoms with Gasteiger partial charge in [-0.15, -0.1) is 0 Å². The maximum absolute atomic E-state index is 6.27. The van der Waals surface area contributed by atoms with E-state index in [-0.39, 0.29) is 0 Å². The lowest BCUT2D eigenvalue weighted by Crippen LogP contribution is -2.28. The molecular formula is C65H42N2O. The maximum atomic E-state index is 6.27. The molecule has 12 aromatic rings. The van der Waals surface area contributed by atoms with Crippen molar-refractivity contribution in [3.05, 3.63) is 277 Å². The summed E-state index contributed by atoms with van der Waals surface area (Å²) < 4.78 is 6.27. The molecule has 318 valence electrons. The molecule has 0 N–H and O–H groups in total. The summed E-state index contributed by atoms with van der Waals surface area (Å²) in [5.41, 5.74) is 20.2. The average Bonchev–Trinajstić information content (AvgIpc) is 3.95. The minimum atomic E-state index is -0.485. The zero-order valence-corrected chi connectivity index (χ0v) is 37.1. The second-order valence-electron chi connectivity index (χ2n) is 17.7. The molecule has 0 amide bonds. The Hall–Kier alpha value is -8.92. The predicted octanol–water partition coefficient (Wildman–Crippen LogP) is 16.7. The van der Waals surface area contributed by atoms with Gasteiger partial charge in [0.1, 0.15) is 11.2 Å². The molecule has 1 aliphatic rings. The van der Waals surface area contributed by atoms with Gasteiger partial charge < -0.3 is 4.42 Å². The van der Waals surface area contributed by atoms with Crippen LogP contribution in [0.15, 0.2) is 259 Å². The van der Waals surface area contributed by atoms with Gasteiger partial charge in [-0.25, -0.2) is 9.97 Å². The molecule has 10 aromatic carbocycles. The van der Waals surface area contributed by atoms with Crippen molar-refractivity contribution in [3.63, 3.8) is 0 Å². The highest BCUT2D eigenvalue weighted by atomic mass is 16.3. The Bertz CT molecular complexity index is 3780. The monoisotopic (exact) mass is 866 g/mol. The highest BCUT2D eigenvalue weighted by molar-refractivity contribution is 6.06. The van der Waals surface area contributed by atoms with Crippen LogP contribution < -0.4 is 0 Å². The Morgan fingerprint density at radius 2 is 0.765 bits per heavy atom. The number of rotatable bonds is 8. The molecule has 68 heavy (non-hydrogen) atoms. The molecule has 3 nitrogen and oxygen atoms in total. The quantitative estimate of drug-likeness (QED) is 0.153. The van der Waals surface area contributed by atoms with E-state index in [0.717, 1.165) is 72.3 Å². The number of nitrogens with zero attached hydrogens (tertiary/aromatic N) is 2. The van der Waals surface area contributed by atoms with E-state index in [9.17, 15) is 0 Å². The third-order valence-electron chi connectivity index (χ3n) is 13.8. The van der Waals surface area contributed by atoms with Crippen molar-refractivity contribution in [3.8, 4) is 78.4 Å². The van der Waals surface area contributed by atoms with Crippen LogP contribution in [0.25, 0.3) is 100 Å². The van der Waals surface area contributed by atoms with Crippen LogP contribution in [-0.4, -0.2) is 9.97 Å². The molecule has 2 heterocycles. The van der Waals surface area contributed by atoms with E-state index in [1.54, 1.807) is 0 Å². The summed E-state index contributed by atoms with van der Waals surface area (Å²) >= 11 is 0. The Labute approximate surface area is 395 Å². The Balaban J connectivity index is 1.01. The van der Waals surface area contributed by atoms with Crippen LogP contribution in [0.5, 0.6) is 0 Å². The van der Waals surface area contributed by atoms with Crippen molar-refractivity contribution in [1.82, 2.24) is 9.97 Å². The van der Waals surface area contributed by atoms with Gasteiger partial charge in [-0.2, -0.15) is 0 Å². The lowest BCUT2D eigenvalue weighted by molar-refractivity contribution is 0.669. The number of benzene rings is 10. The molecule has 0 unspecified atom stereocenters. The van der Waals surface area contributed by atoms with Gasteiger partial charge in [0.05, 0.1) is 16.8 Å². The third-order valence-corrected chi connectivity index (χ3v) is 13.8. The first kappa shape index (κ1) is 39.4. The molecule has 0 saturated heterocycles. The highest BCUT2D eigenvalue weighted by Gasteiger charge is 2.46. The fraction of sp³-hybridized carbons (Fsp3) is 0.0154. The first-order valence-electron chi connectivity index (χ1n) is 23.2. The summed E-state index contributed by atoms with van der Waals surface area (Å²) in [6, 6.07) is 91.3. The van der Waals surface area contributed by atoms with Crippen LogP contribution in [0, 0.1) is 0 Å². The normalized spacial score (nSPS) is 12.5. The van der Waals surface area contributed by atoms with Gasteiger partial charge in [-0.05, 0) is 115 Å². The summed E-state index contributed by atoms with van der Waals surface area (Å²) in [5, 5.41) is 2.20. The molecule has 1 aliphatic carbocycles. The molecule has 0 radical (unpaired) electrons. The molecular weight excluding hydrogens is 825 g/mol. The first-order valence-corrected chi connectivity index (χ1v) is 23.2. The van der Waals surface area contributed by atoms with Crippen LogP contribution in [-0.2, 0) is 5.41 Å². The van der Waals surface area contributed by atoms with Crippen molar-refractivity contribution in [2.75, 3.05) is 0 Å². The lowest BCUT2D eigenvalue weighted by atomic mass is 9.67. The molecule has 0 saturated carbocycles. The molecule has 0 bridgehead atoms. The zero-order chi connectivity index (χ0) is 45.0. The number of hydrogen-bond acceptors (Lipinski definition) is 3. The second-order valence-corrected chi connectivity index (χ2v) is 17.7. The van der Waals surface area contributed by atoms with Crippen LogP contribution in [0.2, 0.25) is 0 Å². The fourth-order valence-corrected chi connectivity index (χ4v) is 10.6. The SMILES string of the molecule is c1ccc(-c2ccc(-c3cc(-c4ccc5oc6ccccc6c5c4)cc(-c4cc(-c5ccc6c(c5)-c5ccccc5C6(c5ccccc5)c5ccccc5)nc(-c5ccccc5)n4)c3)cc2)cc1.